The molecule has 1 amide bonds. The van der Waals surface area contributed by atoms with Gasteiger partial charge in [-0.1, -0.05) is 0 Å². The summed E-state index contributed by atoms with van der Waals surface area (Å²) < 4.78 is 63.7. The molecule has 0 atom stereocenters. The molecule has 3 aromatic heterocycles. The van der Waals surface area contributed by atoms with Crippen LogP contribution >= 0.6 is 15.9 Å². The normalized spacial score (nSPS) is 11.2. The lowest BCUT2D eigenvalue weighted by Gasteiger charge is -2.07. The zero-order chi connectivity index (χ0) is 23.9. The fourth-order valence-corrected chi connectivity index (χ4v) is 3.46. The maximum Gasteiger partial charge on any atom is 0.292 e. The highest BCUT2D eigenvalue weighted by molar-refractivity contribution is 9.10. The lowest BCUT2D eigenvalue weighted by Crippen LogP contribution is -2.13. The Labute approximate surface area is 193 Å². The summed E-state index contributed by atoms with van der Waals surface area (Å²) in [6.07, 6.45) is 1.30. The average Bonchev–Trinajstić information content (AvgIpc) is 3.48. The van der Waals surface area contributed by atoms with Gasteiger partial charge in [0.25, 0.3) is 5.91 Å². The summed E-state index contributed by atoms with van der Waals surface area (Å²) in [6, 6.07) is 4.62. The van der Waals surface area contributed by atoms with Crippen molar-refractivity contribution < 1.29 is 26.8 Å². The maximum atomic E-state index is 13.9. The summed E-state index contributed by atoms with van der Waals surface area (Å²) in [5.74, 6) is -6.06. The number of amides is 1. The number of hydrogen-bond acceptors (Lipinski definition) is 4. The summed E-state index contributed by atoms with van der Waals surface area (Å²) in [5.41, 5.74) is 0.916. The van der Waals surface area contributed by atoms with Gasteiger partial charge < -0.3 is 9.73 Å². The number of nitrogens with one attached hydrogen (secondary N) is 1. The molecule has 0 bridgehead atoms. The first-order chi connectivity index (χ1) is 15.6. The zero-order valence-electron chi connectivity index (χ0n) is 17.3. The van der Waals surface area contributed by atoms with Crippen LogP contribution in [0.15, 0.2) is 39.4 Å². The van der Waals surface area contributed by atoms with Crippen LogP contribution in [-0.4, -0.2) is 25.5 Å². The number of halogens is 5. The van der Waals surface area contributed by atoms with Crippen LogP contribution in [0.2, 0.25) is 0 Å². The molecule has 0 aliphatic rings. The molecule has 0 spiro atoms. The Kier molecular flexibility index (Phi) is 6.11. The molecule has 1 aromatic carbocycles. The van der Waals surface area contributed by atoms with E-state index in [-0.39, 0.29) is 17.6 Å². The van der Waals surface area contributed by atoms with E-state index in [1.165, 1.54) is 18.3 Å². The van der Waals surface area contributed by atoms with Crippen molar-refractivity contribution in [1.29, 1.82) is 0 Å². The van der Waals surface area contributed by atoms with Crippen LogP contribution in [0.4, 0.5) is 23.4 Å². The smallest absolute Gasteiger partial charge is 0.292 e. The van der Waals surface area contributed by atoms with E-state index in [0.717, 1.165) is 20.5 Å². The van der Waals surface area contributed by atoms with Gasteiger partial charge in [0.15, 0.2) is 34.8 Å². The topological polar surface area (TPSA) is 77.9 Å². The predicted octanol–water partition coefficient (Wildman–Crippen LogP) is 4.96. The van der Waals surface area contributed by atoms with Gasteiger partial charge in [-0.3, -0.25) is 14.2 Å². The Hall–Kier alpha value is -3.41. The van der Waals surface area contributed by atoms with Gasteiger partial charge in [0.2, 0.25) is 0 Å². The van der Waals surface area contributed by atoms with E-state index in [0.29, 0.717) is 12.3 Å². The number of anilines is 1. The summed E-state index contributed by atoms with van der Waals surface area (Å²) in [6.45, 7) is 3.50. The summed E-state index contributed by atoms with van der Waals surface area (Å²) in [5, 5.41) is 10.8. The largest absolute Gasteiger partial charge is 0.454 e. The van der Waals surface area contributed by atoms with Gasteiger partial charge in [-0.05, 0) is 41.9 Å². The van der Waals surface area contributed by atoms with E-state index in [1.54, 1.807) is 10.7 Å². The molecule has 172 valence electrons. The fourth-order valence-electron chi connectivity index (χ4n) is 3.18. The molecule has 12 heteroatoms. The lowest BCUT2D eigenvalue weighted by molar-refractivity contribution is 0.0994. The van der Waals surface area contributed by atoms with Crippen molar-refractivity contribution >= 4 is 27.7 Å². The van der Waals surface area contributed by atoms with Crippen molar-refractivity contribution in [2.45, 2.75) is 26.9 Å². The minimum absolute atomic E-state index is 0.0180. The second-order valence-electron chi connectivity index (χ2n) is 7.21. The average molecular weight is 526 g/mol. The second-order valence-corrected chi connectivity index (χ2v) is 8.00. The van der Waals surface area contributed by atoms with Gasteiger partial charge in [0.05, 0.1) is 34.5 Å². The summed E-state index contributed by atoms with van der Waals surface area (Å²) in [7, 11) is 0. The van der Waals surface area contributed by atoms with E-state index in [9.17, 15) is 22.4 Å². The van der Waals surface area contributed by atoms with Crippen molar-refractivity contribution in [3.8, 4) is 0 Å². The molecule has 0 saturated heterocycles. The second kappa shape index (κ2) is 8.85. The minimum Gasteiger partial charge on any atom is -0.454 e. The third-order valence-electron chi connectivity index (χ3n) is 4.89. The van der Waals surface area contributed by atoms with E-state index in [2.05, 4.69) is 31.4 Å². The molecule has 7 nitrogen and oxygen atoms in total. The van der Waals surface area contributed by atoms with E-state index >= 15 is 0 Å². The van der Waals surface area contributed by atoms with Crippen molar-refractivity contribution in [1.82, 2.24) is 19.6 Å². The third kappa shape index (κ3) is 4.56. The Morgan fingerprint density at radius 1 is 1.06 bits per heavy atom. The first-order valence-electron chi connectivity index (χ1n) is 9.59. The number of hydrogen-bond donors (Lipinski definition) is 1. The summed E-state index contributed by atoms with van der Waals surface area (Å²) >= 11 is 3.45. The number of rotatable bonds is 6. The van der Waals surface area contributed by atoms with Crippen LogP contribution in [0.1, 0.15) is 33.3 Å². The Bertz CT molecular complexity index is 1330. The number of aryl methyl sites for hydroxylation is 1. The van der Waals surface area contributed by atoms with Crippen molar-refractivity contribution in [2.75, 3.05) is 5.32 Å². The molecule has 4 aromatic rings. The molecule has 0 saturated carbocycles. The van der Waals surface area contributed by atoms with Crippen LogP contribution in [0, 0.1) is 37.1 Å². The molecule has 3 heterocycles. The number of aromatic nitrogens is 4. The molecule has 0 radical (unpaired) electrons. The van der Waals surface area contributed by atoms with Crippen molar-refractivity contribution in [3.05, 3.63) is 86.7 Å². The van der Waals surface area contributed by atoms with Crippen LogP contribution in [0.5, 0.6) is 0 Å². The number of carbonyl (C=O) groups is 1. The first-order valence-corrected chi connectivity index (χ1v) is 10.4. The minimum atomic E-state index is -1.51. The molecule has 33 heavy (non-hydrogen) atoms. The molecular formula is C21H16BrF4N5O2. The SMILES string of the molecule is Cc1nn(Cc2ccc(C(=O)Nc3ccn(Cc4c(F)c(F)cc(F)c4F)n3)o2)c(C)c1Br. The van der Waals surface area contributed by atoms with Gasteiger partial charge in [0.1, 0.15) is 5.76 Å². The number of benzene rings is 1. The highest BCUT2D eigenvalue weighted by Crippen LogP contribution is 2.22. The monoisotopic (exact) mass is 525 g/mol. The lowest BCUT2D eigenvalue weighted by atomic mass is 10.2. The van der Waals surface area contributed by atoms with Gasteiger partial charge in [-0.25, -0.2) is 17.6 Å². The first kappa shape index (κ1) is 22.8. The van der Waals surface area contributed by atoms with Crippen LogP contribution < -0.4 is 5.32 Å². The van der Waals surface area contributed by atoms with E-state index in [4.69, 9.17) is 4.42 Å². The highest BCUT2D eigenvalue weighted by atomic mass is 79.9. The summed E-state index contributed by atoms with van der Waals surface area (Å²) in [4.78, 5) is 12.5. The van der Waals surface area contributed by atoms with Gasteiger partial charge >= 0.3 is 0 Å². The Balaban J connectivity index is 1.44. The predicted molar refractivity (Wildman–Crippen MR) is 113 cm³/mol. The zero-order valence-corrected chi connectivity index (χ0v) is 18.9. The molecule has 1 N–H and O–H groups in total. The standard InChI is InChI=1S/C21H16BrF4N5O2/c1-10-18(22)11(2)31(28-10)8-12-3-4-16(33-12)21(32)27-17-5-6-30(29-17)9-13-19(25)14(23)7-15(24)20(13)26/h3-7H,8-9H2,1-2H3,(H,27,29,32). The third-order valence-corrected chi connectivity index (χ3v) is 6.04. The molecule has 4 rings (SSSR count). The molecule has 0 unspecified atom stereocenters. The highest BCUT2D eigenvalue weighted by Gasteiger charge is 2.20. The number of furan rings is 1. The van der Waals surface area contributed by atoms with Gasteiger partial charge in [-0.2, -0.15) is 10.2 Å². The van der Waals surface area contributed by atoms with E-state index < -0.39 is 41.3 Å². The van der Waals surface area contributed by atoms with E-state index in [1.807, 2.05) is 13.8 Å². The molecular weight excluding hydrogens is 510 g/mol. The fraction of sp³-hybridized carbons (Fsp3) is 0.190. The maximum absolute atomic E-state index is 13.9. The van der Waals surface area contributed by atoms with Crippen LogP contribution in [0.25, 0.3) is 0 Å². The quantitative estimate of drug-likeness (QED) is 0.285. The Morgan fingerprint density at radius 2 is 1.76 bits per heavy atom. The number of carbonyl (C=O) groups excluding carboxylic acids is 1. The van der Waals surface area contributed by atoms with Gasteiger partial charge in [-0.15, -0.1) is 0 Å². The molecule has 0 fully saturated rings. The van der Waals surface area contributed by atoms with Gasteiger partial charge in [0, 0.05) is 18.3 Å². The Morgan fingerprint density at radius 3 is 2.39 bits per heavy atom. The number of nitrogens with zero attached hydrogens (tertiary/aromatic N) is 4. The van der Waals surface area contributed by atoms with Crippen molar-refractivity contribution in [3.63, 3.8) is 0 Å². The van der Waals surface area contributed by atoms with Crippen molar-refractivity contribution in [2.24, 2.45) is 0 Å². The molecule has 0 aliphatic heterocycles. The van der Waals surface area contributed by atoms with Crippen LogP contribution in [0.3, 0.4) is 0 Å². The molecule has 0 aliphatic carbocycles. The van der Waals surface area contributed by atoms with Crippen LogP contribution in [-0.2, 0) is 13.1 Å².